The maximum absolute atomic E-state index is 13.7. The summed E-state index contributed by atoms with van der Waals surface area (Å²) in [6.45, 7) is 0. The molecule has 4 rings (SSSR count). The third-order valence-electron chi connectivity index (χ3n) is 7.24. The molecule has 2 aromatic carbocycles. The van der Waals surface area contributed by atoms with Crippen LogP contribution in [-0.2, 0) is 43.2 Å². The number of nitrogens with two attached hydrogens (primary N) is 1. The summed E-state index contributed by atoms with van der Waals surface area (Å²) in [5.41, 5.74) is 8.90. The van der Waals surface area contributed by atoms with Crippen molar-refractivity contribution in [3.8, 4) is 0 Å². The monoisotopic (exact) mass is 617 g/mol. The van der Waals surface area contributed by atoms with E-state index >= 15 is 0 Å². The number of amides is 3. The molecular weight excluding hydrogens is 582 g/mol. The van der Waals surface area contributed by atoms with Gasteiger partial charge in [0.1, 0.15) is 18.1 Å². The number of imidazole rings is 1. The molecule has 9 N–H and O–H groups in total. The largest absolute Gasteiger partial charge is 0.481 e. The van der Waals surface area contributed by atoms with Crippen LogP contribution in [0.1, 0.15) is 29.7 Å². The average Bonchev–Trinajstić information content (AvgIpc) is 3.68. The molecule has 4 unspecified atom stereocenters. The van der Waals surface area contributed by atoms with Crippen molar-refractivity contribution < 1.29 is 34.2 Å². The van der Waals surface area contributed by atoms with Gasteiger partial charge in [-0.05, 0) is 23.6 Å². The second kappa shape index (κ2) is 15.3. The Hall–Kier alpha value is -5.50. The number of rotatable bonds is 16. The molecule has 0 radical (unpaired) electrons. The van der Waals surface area contributed by atoms with Gasteiger partial charge in [-0.3, -0.25) is 19.2 Å². The van der Waals surface area contributed by atoms with Crippen LogP contribution in [0.25, 0.3) is 10.9 Å². The minimum Gasteiger partial charge on any atom is -0.481 e. The Morgan fingerprint density at radius 2 is 1.44 bits per heavy atom. The molecule has 3 amide bonds. The van der Waals surface area contributed by atoms with E-state index in [4.69, 9.17) is 5.73 Å². The van der Waals surface area contributed by atoms with E-state index in [9.17, 15) is 34.2 Å². The van der Waals surface area contributed by atoms with Gasteiger partial charge in [0.25, 0.3) is 0 Å². The number of benzene rings is 2. The van der Waals surface area contributed by atoms with Crippen molar-refractivity contribution in [3.05, 3.63) is 90.1 Å². The summed E-state index contributed by atoms with van der Waals surface area (Å²) in [6.07, 6.45) is 3.97. The molecule has 0 bridgehead atoms. The lowest BCUT2D eigenvalue weighted by atomic mass is 10.0. The zero-order valence-corrected chi connectivity index (χ0v) is 24.2. The highest BCUT2D eigenvalue weighted by Crippen LogP contribution is 2.19. The molecule has 0 spiro atoms. The molecule has 14 nitrogen and oxygen atoms in total. The molecule has 4 aromatic rings. The molecule has 0 aliphatic rings. The zero-order chi connectivity index (χ0) is 32.3. The number of carbonyl (C=O) groups is 5. The Balaban J connectivity index is 1.54. The number of fused-ring (bicyclic) bond motifs is 1. The van der Waals surface area contributed by atoms with Crippen molar-refractivity contribution in [2.24, 2.45) is 5.73 Å². The molecule has 0 fully saturated rings. The van der Waals surface area contributed by atoms with Gasteiger partial charge in [0.2, 0.25) is 17.7 Å². The number of aliphatic carboxylic acids is 2. The van der Waals surface area contributed by atoms with Gasteiger partial charge in [-0.25, -0.2) is 9.78 Å². The van der Waals surface area contributed by atoms with Gasteiger partial charge in [-0.1, -0.05) is 48.5 Å². The molecule has 45 heavy (non-hydrogen) atoms. The number of carboxylic acids is 2. The molecule has 0 aliphatic heterocycles. The first-order chi connectivity index (χ1) is 21.6. The summed E-state index contributed by atoms with van der Waals surface area (Å²) >= 11 is 0. The number of aromatic amines is 2. The fraction of sp³-hybridized carbons (Fsp3) is 0.290. The van der Waals surface area contributed by atoms with Gasteiger partial charge in [0, 0.05) is 54.7 Å². The zero-order valence-electron chi connectivity index (χ0n) is 24.2. The van der Waals surface area contributed by atoms with Gasteiger partial charge in [-0.2, -0.15) is 0 Å². The third kappa shape index (κ3) is 9.24. The Kier molecular flexibility index (Phi) is 11.0. The summed E-state index contributed by atoms with van der Waals surface area (Å²) < 4.78 is 0. The van der Waals surface area contributed by atoms with Crippen LogP contribution in [0.4, 0.5) is 0 Å². The number of para-hydroxylation sites is 1. The highest BCUT2D eigenvalue weighted by molar-refractivity contribution is 5.95. The van der Waals surface area contributed by atoms with Crippen LogP contribution in [0, 0.1) is 0 Å². The maximum Gasteiger partial charge on any atom is 0.326 e. The van der Waals surface area contributed by atoms with E-state index in [0.29, 0.717) is 16.8 Å². The van der Waals surface area contributed by atoms with E-state index < -0.39 is 60.2 Å². The number of nitrogens with zero attached hydrogens (tertiary/aromatic N) is 1. The van der Waals surface area contributed by atoms with Gasteiger partial charge in [0.05, 0.1) is 12.4 Å². The lowest BCUT2D eigenvalue weighted by Crippen LogP contribution is -2.58. The average molecular weight is 618 g/mol. The summed E-state index contributed by atoms with van der Waals surface area (Å²) in [5.74, 6) is -4.80. The minimum absolute atomic E-state index is 0.0113. The number of hydrogen-bond acceptors (Lipinski definition) is 7. The molecular formula is C31H35N7O7. The molecule has 2 heterocycles. The van der Waals surface area contributed by atoms with E-state index in [1.54, 1.807) is 36.5 Å². The lowest BCUT2D eigenvalue weighted by Gasteiger charge is -2.25. The van der Waals surface area contributed by atoms with Crippen LogP contribution in [0.2, 0.25) is 0 Å². The number of carboxylic acid groups (broad SMARTS) is 2. The first-order valence-electron chi connectivity index (χ1n) is 14.3. The van der Waals surface area contributed by atoms with E-state index in [2.05, 4.69) is 30.9 Å². The lowest BCUT2D eigenvalue weighted by molar-refractivity contribution is -0.143. The van der Waals surface area contributed by atoms with Gasteiger partial charge in [0.15, 0.2) is 0 Å². The van der Waals surface area contributed by atoms with Crippen LogP contribution in [0.15, 0.2) is 73.3 Å². The predicted octanol–water partition coefficient (Wildman–Crippen LogP) is 0.650. The smallest absolute Gasteiger partial charge is 0.326 e. The number of H-pyrrole nitrogens is 2. The van der Waals surface area contributed by atoms with Crippen molar-refractivity contribution in [2.75, 3.05) is 0 Å². The topological polar surface area (TPSA) is 232 Å². The standard InChI is InChI=1S/C31H35N7O7/c32-22(14-20-16-33-17-35-20)28(41)37-25(13-19-15-34-23-9-5-4-8-21(19)23)30(43)36-24(10-11-27(39)40)29(42)38-26(31(44)45)12-18-6-2-1-3-7-18/h1-9,15-17,22,24-26,34H,10-14,32H2,(H,33,35)(H,36,43)(H,37,41)(H,38,42)(H,39,40)(H,44,45). The SMILES string of the molecule is NC(Cc1cnc[nH]1)C(=O)NC(Cc1c[nH]c2ccccc12)C(=O)NC(CCC(=O)O)C(=O)NC(Cc1ccccc1)C(=O)O. The summed E-state index contributed by atoms with van der Waals surface area (Å²) in [6, 6.07) is 11.0. The Labute approximate surface area is 257 Å². The van der Waals surface area contributed by atoms with E-state index in [1.807, 2.05) is 24.3 Å². The molecule has 236 valence electrons. The van der Waals surface area contributed by atoms with Gasteiger partial charge in [-0.15, -0.1) is 0 Å². The molecule has 2 aromatic heterocycles. The number of aromatic nitrogens is 3. The fourth-order valence-corrected chi connectivity index (χ4v) is 4.87. The highest BCUT2D eigenvalue weighted by Gasteiger charge is 2.31. The normalized spacial score (nSPS) is 13.7. The Morgan fingerprint density at radius 1 is 0.778 bits per heavy atom. The van der Waals surface area contributed by atoms with Crippen molar-refractivity contribution >= 4 is 40.6 Å². The molecule has 4 atom stereocenters. The van der Waals surface area contributed by atoms with Crippen molar-refractivity contribution in [1.29, 1.82) is 0 Å². The molecule has 0 saturated heterocycles. The highest BCUT2D eigenvalue weighted by atomic mass is 16.4. The fourth-order valence-electron chi connectivity index (χ4n) is 4.87. The van der Waals surface area contributed by atoms with Gasteiger partial charge < -0.3 is 41.9 Å². The van der Waals surface area contributed by atoms with Crippen LogP contribution in [0.5, 0.6) is 0 Å². The second-order valence-corrected chi connectivity index (χ2v) is 10.6. The molecule has 0 saturated carbocycles. The van der Waals surface area contributed by atoms with E-state index in [-0.39, 0.29) is 25.7 Å². The van der Waals surface area contributed by atoms with E-state index in [0.717, 1.165) is 10.9 Å². The Bertz CT molecular complexity index is 1620. The predicted molar refractivity (Wildman–Crippen MR) is 163 cm³/mol. The first kappa shape index (κ1) is 32.4. The summed E-state index contributed by atoms with van der Waals surface area (Å²) in [4.78, 5) is 73.4. The third-order valence-corrected chi connectivity index (χ3v) is 7.24. The Morgan fingerprint density at radius 3 is 2.13 bits per heavy atom. The first-order valence-corrected chi connectivity index (χ1v) is 14.3. The van der Waals surface area contributed by atoms with Crippen LogP contribution >= 0.6 is 0 Å². The second-order valence-electron chi connectivity index (χ2n) is 10.6. The maximum atomic E-state index is 13.7. The summed E-state index contributed by atoms with van der Waals surface area (Å²) in [5, 5.41) is 27.5. The van der Waals surface area contributed by atoms with Crippen LogP contribution in [-0.4, -0.2) is 79.0 Å². The summed E-state index contributed by atoms with van der Waals surface area (Å²) in [7, 11) is 0. The number of carbonyl (C=O) groups excluding carboxylic acids is 3. The van der Waals surface area contributed by atoms with Crippen molar-refractivity contribution in [1.82, 2.24) is 30.9 Å². The van der Waals surface area contributed by atoms with Gasteiger partial charge >= 0.3 is 11.9 Å². The van der Waals surface area contributed by atoms with Crippen molar-refractivity contribution in [2.45, 2.75) is 56.3 Å². The number of hydrogen-bond donors (Lipinski definition) is 8. The van der Waals surface area contributed by atoms with Crippen molar-refractivity contribution in [3.63, 3.8) is 0 Å². The quantitative estimate of drug-likeness (QED) is 0.0880. The molecule has 0 aliphatic carbocycles. The van der Waals surface area contributed by atoms with E-state index in [1.165, 1.54) is 12.5 Å². The number of nitrogens with one attached hydrogen (secondary N) is 5. The van der Waals surface area contributed by atoms with Crippen LogP contribution in [0.3, 0.4) is 0 Å². The van der Waals surface area contributed by atoms with Crippen LogP contribution < -0.4 is 21.7 Å². The molecule has 14 heteroatoms. The minimum atomic E-state index is -1.41.